The minimum Gasteiger partial charge on any atom is -0.507 e. The van der Waals surface area contributed by atoms with E-state index < -0.39 is 5.97 Å². The van der Waals surface area contributed by atoms with Crippen LogP contribution in [0.15, 0.2) is 46.9 Å². The van der Waals surface area contributed by atoms with Gasteiger partial charge in [0.05, 0.1) is 0 Å². The Morgan fingerprint density at radius 1 is 1.16 bits per heavy atom. The SMILES string of the molecule is O=C(O)c1ccc(OCc2ccc(Br)cc2)cc1O. The molecule has 2 aromatic carbocycles. The maximum atomic E-state index is 10.7. The molecule has 2 aromatic rings. The molecule has 2 rings (SSSR count). The van der Waals surface area contributed by atoms with Gasteiger partial charge >= 0.3 is 5.97 Å². The Hall–Kier alpha value is -2.01. The minimum absolute atomic E-state index is 0.143. The zero-order valence-corrected chi connectivity index (χ0v) is 11.4. The molecular weight excluding hydrogens is 312 g/mol. The summed E-state index contributed by atoms with van der Waals surface area (Å²) >= 11 is 3.34. The lowest BCUT2D eigenvalue weighted by atomic mass is 10.2. The molecule has 0 unspecified atom stereocenters. The molecule has 0 aromatic heterocycles. The average Bonchev–Trinajstić information content (AvgIpc) is 2.37. The highest BCUT2D eigenvalue weighted by Gasteiger charge is 2.10. The second-order valence-electron chi connectivity index (χ2n) is 3.90. The van der Waals surface area contributed by atoms with E-state index >= 15 is 0 Å². The van der Waals surface area contributed by atoms with E-state index in [2.05, 4.69) is 15.9 Å². The number of carboxylic acids is 1. The van der Waals surface area contributed by atoms with Crippen LogP contribution in [0.2, 0.25) is 0 Å². The maximum absolute atomic E-state index is 10.7. The van der Waals surface area contributed by atoms with Gasteiger partial charge in [-0.15, -0.1) is 0 Å². The van der Waals surface area contributed by atoms with Gasteiger partial charge < -0.3 is 14.9 Å². The van der Waals surface area contributed by atoms with Crippen molar-refractivity contribution in [2.45, 2.75) is 6.61 Å². The van der Waals surface area contributed by atoms with Gasteiger partial charge in [0.1, 0.15) is 23.7 Å². The van der Waals surface area contributed by atoms with Crippen LogP contribution in [0.1, 0.15) is 15.9 Å². The van der Waals surface area contributed by atoms with Gasteiger partial charge in [0.15, 0.2) is 0 Å². The molecule has 0 heterocycles. The zero-order chi connectivity index (χ0) is 13.8. The van der Waals surface area contributed by atoms with Gasteiger partial charge in [0.25, 0.3) is 0 Å². The van der Waals surface area contributed by atoms with Gasteiger partial charge in [-0.1, -0.05) is 28.1 Å². The lowest BCUT2D eigenvalue weighted by molar-refractivity contribution is 0.0693. The third-order valence-corrected chi connectivity index (χ3v) is 3.05. The fourth-order valence-corrected chi connectivity index (χ4v) is 1.79. The van der Waals surface area contributed by atoms with E-state index in [1.165, 1.54) is 18.2 Å². The summed E-state index contributed by atoms with van der Waals surface area (Å²) in [5.74, 6) is -1.05. The van der Waals surface area contributed by atoms with E-state index in [4.69, 9.17) is 9.84 Å². The summed E-state index contributed by atoms with van der Waals surface area (Å²) < 4.78 is 6.47. The number of hydrogen-bond donors (Lipinski definition) is 2. The molecule has 0 fully saturated rings. The quantitative estimate of drug-likeness (QED) is 0.905. The first-order valence-electron chi connectivity index (χ1n) is 5.50. The largest absolute Gasteiger partial charge is 0.507 e. The van der Waals surface area contributed by atoms with Crippen LogP contribution >= 0.6 is 15.9 Å². The molecule has 0 amide bonds. The van der Waals surface area contributed by atoms with Crippen LogP contribution in [0, 0.1) is 0 Å². The summed E-state index contributed by atoms with van der Waals surface area (Å²) in [7, 11) is 0. The van der Waals surface area contributed by atoms with Crippen LogP contribution in [0.3, 0.4) is 0 Å². The molecular formula is C14H11BrO4. The van der Waals surface area contributed by atoms with Gasteiger partial charge in [-0.05, 0) is 29.8 Å². The van der Waals surface area contributed by atoms with Crippen molar-refractivity contribution in [3.8, 4) is 11.5 Å². The average molecular weight is 323 g/mol. The number of carboxylic acid groups (broad SMARTS) is 1. The highest BCUT2D eigenvalue weighted by Crippen LogP contribution is 2.24. The Kier molecular flexibility index (Phi) is 4.06. The maximum Gasteiger partial charge on any atom is 0.339 e. The molecule has 5 heteroatoms. The van der Waals surface area contributed by atoms with Crippen molar-refractivity contribution in [1.29, 1.82) is 0 Å². The normalized spacial score (nSPS) is 10.2. The Morgan fingerprint density at radius 2 is 1.84 bits per heavy atom. The lowest BCUT2D eigenvalue weighted by Crippen LogP contribution is -1.98. The molecule has 19 heavy (non-hydrogen) atoms. The van der Waals surface area contributed by atoms with Crippen LogP contribution in [-0.4, -0.2) is 16.2 Å². The van der Waals surface area contributed by atoms with Gasteiger partial charge in [0.2, 0.25) is 0 Å². The van der Waals surface area contributed by atoms with Crippen molar-refractivity contribution < 1.29 is 19.7 Å². The summed E-state index contributed by atoms with van der Waals surface area (Å²) in [4.78, 5) is 10.7. The van der Waals surface area contributed by atoms with Gasteiger partial charge in [0, 0.05) is 10.5 Å². The molecule has 0 aliphatic rings. The second kappa shape index (κ2) is 5.75. The zero-order valence-electron chi connectivity index (χ0n) is 9.84. The van der Waals surface area contributed by atoms with Crippen LogP contribution in [0.5, 0.6) is 11.5 Å². The monoisotopic (exact) mass is 322 g/mol. The van der Waals surface area contributed by atoms with Gasteiger partial charge in [-0.25, -0.2) is 4.79 Å². The van der Waals surface area contributed by atoms with Crippen LogP contribution in [0.25, 0.3) is 0 Å². The summed E-state index contributed by atoms with van der Waals surface area (Å²) in [6.45, 7) is 0.346. The highest BCUT2D eigenvalue weighted by molar-refractivity contribution is 9.10. The third kappa shape index (κ3) is 3.48. The number of ether oxygens (including phenoxy) is 1. The number of rotatable bonds is 4. The number of phenols is 1. The first-order valence-corrected chi connectivity index (χ1v) is 6.29. The summed E-state index contributed by atoms with van der Waals surface area (Å²) in [6, 6.07) is 11.8. The lowest BCUT2D eigenvalue weighted by Gasteiger charge is -2.08. The Labute approximate surface area is 118 Å². The molecule has 0 saturated heterocycles. The van der Waals surface area contributed by atoms with Crippen LogP contribution < -0.4 is 4.74 Å². The minimum atomic E-state index is -1.17. The van der Waals surface area contributed by atoms with Crippen LogP contribution in [0.4, 0.5) is 0 Å². The van der Waals surface area contributed by atoms with E-state index in [0.717, 1.165) is 10.0 Å². The Balaban J connectivity index is 2.06. The number of aromatic hydroxyl groups is 1. The topological polar surface area (TPSA) is 66.8 Å². The smallest absolute Gasteiger partial charge is 0.339 e. The van der Waals surface area contributed by atoms with Crippen molar-refractivity contribution >= 4 is 21.9 Å². The number of carbonyl (C=O) groups is 1. The molecule has 0 aliphatic heterocycles. The molecule has 2 N–H and O–H groups in total. The number of hydrogen-bond acceptors (Lipinski definition) is 3. The van der Waals surface area contributed by atoms with Gasteiger partial charge in [-0.2, -0.15) is 0 Å². The summed E-state index contributed by atoms with van der Waals surface area (Å²) in [5.41, 5.74) is 0.834. The molecule has 0 spiro atoms. The Bertz CT molecular complexity index is 593. The Morgan fingerprint density at radius 3 is 2.42 bits per heavy atom. The van der Waals surface area contributed by atoms with E-state index in [1.807, 2.05) is 24.3 Å². The second-order valence-corrected chi connectivity index (χ2v) is 4.81. The highest BCUT2D eigenvalue weighted by atomic mass is 79.9. The molecule has 0 radical (unpaired) electrons. The molecule has 0 bridgehead atoms. The molecule has 0 atom stereocenters. The molecule has 4 nitrogen and oxygen atoms in total. The fraction of sp³-hybridized carbons (Fsp3) is 0.0714. The number of aromatic carboxylic acids is 1. The van der Waals surface area contributed by atoms with E-state index in [1.54, 1.807) is 0 Å². The summed E-state index contributed by atoms with van der Waals surface area (Å²) in [5, 5.41) is 18.3. The van der Waals surface area contributed by atoms with Crippen molar-refractivity contribution in [2.75, 3.05) is 0 Å². The first-order chi connectivity index (χ1) is 9.06. The van der Waals surface area contributed by atoms with Gasteiger partial charge in [-0.3, -0.25) is 0 Å². The van der Waals surface area contributed by atoms with Crippen molar-refractivity contribution in [3.05, 3.63) is 58.1 Å². The molecule has 0 saturated carbocycles. The standard InChI is InChI=1S/C14H11BrO4/c15-10-3-1-9(2-4-10)8-19-11-5-6-12(14(17)18)13(16)7-11/h1-7,16H,8H2,(H,17,18). The van der Waals surface area contributed by atoms with Crippen molar-refractivity contribution in [1.82, 2.24) is 0 Å². The predicted molar refractivity (Wildman–Crippen MR) is 73.5 cm³/mol. The summed E-state index contributed by atoms with van der Waals surface area (Å²) in [6.07, 6.45) is 0. The predicted octanol–water partition coefficient (Wildman–Crippen LogP) is 3.43. The fourth-order valence-electron chi connectivity index (χ4n) is 1.53. The van der Waals surface area contributed by atoms with E-state index in [-0.39, 0.29) is 11.3 Å². The number of halogens is 1. The van der Waals surface area contributed by atoms with E-state index in [0.29, 0.717) is 12.4 Å². The van der Waals surface area contributed by atoms with Crippen LogP contribution in [-0.2, 0) is 6.61 Å². The molecule has 98 valence electrons. The number of benzene rings is 2. The van der Waals surface area contributed by atoms with Crippen molar-refractivity contribution in [3.63, 3.8) is 0 Å². The first kappa shape index (κ1) is 13.4. The van der Waals surface area contributed by atoms with Crippen molar-refractivity contribution in [2.24, 2.45) is 0 Å². The van der Waals surface area contributed by atoms with E-state index in [9.17, 15) is 9.90 Å². The molecule has 0 aliphatic carbocycles. The third-order valence-electron chi connectivity index (χ3n) is 2.52.